The van der Waals surface area contributed by atoms with Crippen molar-refractivity contribution in [2.24, 2.45) is 0 Å². The summed E-state index contributed by atoms with van der Waals surface area (Å²) in [4.78, 5) is 3.89. The third-order valence-corrected chi connectivity index (χ3v) is 2.14. The highest BCUT2D eigenvalue weighted by molar-refractivity contribution is 5.70. The van der Waals surface area contributed by atoms with E-state index in [-0.39, 0.29) is 0 Å². The van der Waals surface area contributed by atoms with E-state index in [0.717, 1.165) is 17.5 Å². The molecular formula is C13H12N2O. The van der Waals surface area contributed by atoms with Crippen LogP contribution in [0, 0.1) is 11.8 Å². The molecule has 2 rings (SSSR count). The quantitative estimate of drug-likeness (QED) is 0.584. The van der Waals surface area contributed by atoms with Crippen molar-refractivity contribution in [1.29, 1.82) is 0 Å². The maximum atomic E-state index is 5.75. The van der Waals surface area contributed by atoms with Crippen LogP contribution in [0.3, 0.4) is 0 Å². The molecule has 0 saturated heterocycles. The molecule has 0 spiro atoms. The molecule has 2 aromatic rings. The number of hydrogen-bond donors (Lipinski definition) is 1. The van der Waals surface area contributed by atoms with Crippen LogP contribution in [0.2, 0.25) is 0 Å². The SMILES string of the molecule is CCC#Cc1ccc(N)cc1-c1cnco1. The van der Waals surface area contributed by atoms with Gasteiger partial charge in [0, 0.05) is 23.2 Å². The number of rotatable bonds is 1. The minimum atomic E-state index is 0.688. The molecule has 0 radical (unpaired) electrons. The van der Waals surface area contributed by atoms with Crippen molar-refractivity contribution in [1.82, 2.24) is 4.98 Å². The van der Waals surface area contributed by atoms with Crippen LogP contribution in [0.1, 0.15) is 18.9 Å². The second-order valence-electron chi connectivity index (χ2n) is 3.33. The van der Waals surface area contributed by atoms with Crippen LogP contribution in [0.5, 0.6) is 0 Å². The number of nitrogens with zero attached hydrogens (tertiary/aromatic N) is 1. The summed E-state index contributed by atoms with van der Waals surface area (Å²) in [6, 6.07) is 5.58. The van der Waals surface area contributed by atoms with Gasteiger partial charge in [-0.3, -0.25) is 0 Å². The molecule has 0 bridgehead atoms. The summed E-state index contributed by atoms with van der Waals surface area (Å²) in [6.07, 6.45) is 3.88. The smallest absolute Gasteiger partial charge is 0.181 e. The predicted octanol–water partition coefficient (Wildman–Crippen LogP) is 2.69. The van der Waals surface area contributed by atoms with Gasteiger partial charge in [0.05, 0.1) is 6.20 Å². The second kappa shape index (κ2) is 4.54. The molecule has 1 aromatic heterocycles. The van der Waals surface area contributed by atoms with E-state index in [1.165, 1.54) is 6.39 Å². The van der Waals surface area contributed by atoms with Crippen LogP contribution in [0.4, 0.5) is 5.69 Å². The Morgan fingerprint density at radius 2 is 2.31 bits per heavy atom. The monoisotopic (exact) mass is 212 g/mol. The van der Waals surface area contributed by atoms with Crippen molar-refractivity contribution in [3.8, 4) is 23.2 Å². The van der Waals surface area contributed by atoms with E-state index < -0.39 is 0 Å². The summed E-state index contributed by atoms with van der Waals surface area (Å²) in [5.74, 6) is 6.81. The van der Waals surface area contributed by atoms with E-state index >= 15 is 0 Å². The Kier molecular flexibility index (Phi) is 2.93. The Balaban J connectivity index is 2.53. The molecule has 0 fully saturated rings. The average molecular weight is 212 g/mol. The van der Waals surface area contributed by atoms with Gasteiger partial charge < -0.3 is 10.2 Å². The van der Waals surface area contributed by atoms with Gasteiger partial charge in [-0.25, -0.2) is 4.98 Å². The maximum Gasteiger partial charge on any atom is 0.181 e. The van der Waals surface area contributed by atoms with Crippen molar-refractivity contribution in [2.45, 2.75) is 13.3 Å². The van der Waals surface area contributed by atoms with E-state index in [1.807, 2.05) is 25.1 Å². The first kappa shape index (κ1) is 10.3. The summed E-state index contributed by atoms with van der Waals surface area (Å²) in [5, 5.41) is 0. The zero-order valence-electron chi connectivity index (χ0n) is 9.03. The maximum absolute atomic E-state index is 5.75. The zero-order chi connectivity index (χ0) is 11.4. The van der Waals surface area contributed by atoms with E-state index in [0.29, 0.717) is 11.4 Å². The third-order valence-electron chi connectivity index (χ3n) is 2.14. The highest BCUT2D eigenvalue weighted by atomic mass is 16.3. The van der Waals surface area contributed by atoms with Gasteiger partial charge in [-0.05, 0) is 18.2 Å². The van der Waals surface area contributed by atoms with E-state index in [9.17, 15) is 0 Å². The van der Waals surface area contributed by atoms with Crippen molar-refractivity contribution < 1.29 is 4.42 Å². The number of aromatic nitrogens is 1. The highest BCUT2D eigenvalue weighted by Gasteiger charge is 2.06. The Morgan fingerprint density at radius 3 is 3.00 bits per heavy atom. The Bertz CT molecular complexity index is 533. The van der Waals surface area contributed by atoms with Crippen LogP contribution in [0.25, 0.3) is 11.3 Å². The molecule has 0 aliphatic rings. The fourth-order valence-corrected chi connectivity index (χ4v) is 1.41. The molecule has 0 saturated carbocycles. The van der Waals surface area contributed by atoms with Crippen LogP contribution < -0.4 is 5.73 Å². The number of nitrogen functional groups attached to an aromatic ring is 1. The molecule has 0 aliphatic heterocycles. The summed E-state index contributed by atoms with van der Waals surface area (Å²) in [5.41, 5.74) is 8.24. The number of hydrogen-bond acceptors (Lipinski definition) is 3. The van der Waals surface area contributed by atoms with Gasteiger partial charge in [0.2, 0.25) is 0 Å². The molecule has 3 nitrogen and oxygen atoms in total. The lowest BCUT2D eigenvalue weighted by Gasteiger charge is -2.02. The van der Waals surface area contributed by atoms with E-state index in [4.69, 9.17) is 10.2 Å². The number of anilines is 1. The van der Waals surface area contributed by atoms with Gasteiger partial charge in [0.15, 0.2) is 12.2 Å². The third kappa shape index (κ3) is 2.06. The highest BCUT2D eigenvalue weighted by Crippen LogP contribution is 2.25. The molecule has 0 unspecified atom stereocenters. The van der Waals surface area contributed by atoms with Crippen LogP contribution in [-0.2, 0) is 0 Å². The standard InChI is InChI=1S/C13H12N2O/c1-2-3-4-10-5-6-11(14)7-12(10)13-8-15-9-16-13/h5-9H,2,14H2,1H3. The van der Waals surface area contributed by atoms with Crippen molar-refractivity contribution >= 4 is 5.69 Å². The first-order valence-electron chi connectivity index (χ1n) is 5.08. The summed E-state index contributed by atoms with van der Waals surface area (Å²) < 4.78 is 5.26. The van der Waals surface area contributed by atoms with Crippen LogP contribution in [-0.4, -0.2) is 4.98 Å². The summed E-state index contributed by atoms with van der Waals surface area (Å²) in [7, 11) is 0. The first-order chi connectivity index (χ1) is 7.81. The lowest BCUT2D eigenvalue weighted by molar-refractivity contribution is 0.572. The summed E-state index contributed by atoms with van der Waals surface area (Å²) >= 11 is 0. The van der Waals surface area contributed by atoms with Gasteiger partial charge in [-0.2, -0.15) is 0 Å². The number of benzene rings is 1. The van der Waals surface area contributed by atoms with Gasteiger partial charge in [0.25, 0.3) is 0 Å². The Hall–Kier alpha value is -2.21. The first-order valence-corrected chi connectivity index (χ1v) is 5.08. The van der Waals surface area contributed by atoms with Crippen molar-refractivity contribution in [2.75, 3.05) is 5.73 Å². The molecule has 3 heteroatoms. The molecule has 0 amide bonds. The number of nitrogens with two attached hydrogens (primary N) is 1. The molecule has 16 heavy (non-hydrogen) atoms. The predicted molar refractivity (Wildman–Crippen MR) is 63.5 cm³/mol. The molecule has 0 aliphatic carbocycles. The number of oxazole rings is 1. The van der Waals surface area contributed by atoms with Crippen LogP contribution >= 0.6 is 0 Å². The molecule has 2 N–H and O–H groups in total. The van der Waals surface area contributed by atoms with Gasteiger partial charge >= 0.3 is 0 Å². The Labute approximate surface area is 94.3 Å². The molecule has 1 aromatic carbocycles. The molecule has 1 heterocycles. The topological polar surface area (TPSA) is 52.0 Å². The minimum Gasteiger partial charge on any atom is -0.443 e. The van der Waals surface area contributed by atoms with E-state index in [1.54, 1.807) is 6.20 Å². The normalized spacial score (nSPS) is 9.56. The zero-order valence-corrected chi connectivity index (χ0v) is 9.03. The Morgan fingerprint density at radius 1 is 1.44 bits per heavy atom. The van der Waals surface area contributed by atoms with Crippen molar-refractivity contribution in [3.05, 3.63) is 36.4 Å². The average Bonchev–Trinajstić information content (AvgIpc) is 2.80. The van der Waals surface area contributed by atoms with Gasteiger partial charge in [-0.15, -0.1) is 0 Å². The van der Waals surface area contributed by atoms with E-state index in [2.05, 4.69) is 16.8 Å². The second-order valence-corrected chi connectivity index (χ2v) is 3.33. The summed E-state index contributed by atoms with van der Waals surface area (Å²) in [6.45, 7) is 2.01. The van der Waals surface area contributed by atoms with Gasteiger partial charge in [0.1, 0.15) is 0 Å². The van der Waals surface area contributed by atoms with Gasteiger partial charge in [-0.1, -0.05) is 18.8 Å². The molecule has 0 atom stereocenters. The lowest BCUT2D eigenvalue weighted by Crippen LogP contribution is -1.88. The molecule has 80 valence electrons. The fourth-order valence-electron chi connectivity index (χ4n) is 1.41. The molecular weight excluding hydrogens is 200 g/mol. The van der Waals surface area contributed by atoms with Crippen molar-refractivity contribution in [3.63, 3.8) is 0 Å². The van der Waals surface area contributed by atoms with Crippen LogP contribution in [0.15, 0.2) is 35.2 Å². The minimum absolute atomic E-state index is 0.688. The lowest BCUT2D eigenvalue weighted by atomic mass is 10.1. The largest absolute Gasteiger partial charge is 0.443 e. The fraction of sp³-hybridized carbons (Fsp3) is 0.154.